The maximum Gasteiger partial charge on any atom is 0.335 e. The molecule has 1 unspecified atom stereocenters. The highest BCUT2D eigenvalue weighted by Crippen LogP contribution is 2.24. The molecule has 8 nitrogen and oxygen atoms in total. The van der Waals surface area contributed by atoms with Crippen molar-refractivity contribution >= 4 is 39.3 Å². The van der Waals surface area contributed by atoms with E-state index >= 15 is 0 Å². The lowest BCUT2D eigenvalue weighted by Gasteiger charge is -2.07. The molecule has 0 amide bonds. The van der Waals surface area contributed by atoms with Gasteiger partial charge in [0.1, 0.15) is 0 Å². The van der Waals surface area contributed by atoms with Crippen LogP contribution in [0, 0.1) is 0 Å². The van der Waals surface area contributed by atoms with Crippen LogP contribution in [0.3, 0.4) is 0 Å². The summed E-state index contributed by atoms with van der Waals surface area (Å²) in [6.07, 6.45) is 1.02. The Hall–Kier alpha value is -2.52. The number of carbonyl (C=O) groups excluding carboxylic acids is 1. The lowest BCUT2D eigenvalue weighted by Crippen LogP contribution is -2.30. The molecule has 1 atom stereocenters. The minimum absolute atomic E-state index is 0.00491. The average molecular weight is 335 g/mol. The van der Waals surface area contributed by atoms with Crippen LogP contribution in [0.15, 0.2) is 23.2 Å². The van der Waals surface area contributed by atoms with Gasteiger partial charge in [0.2, 0.25) is 5.78 Å². The quantitative estimate of drug-likeness (QED) is 0.249. The molecule has 0 spiro atoms. The maximum absolute atomic E-state index is 12.3. The Morgan fingerprint density at radius 2 is 2.09 bits per heavy atom. The second kappa shape index (κ2) is 7.16. The normalized spacial score (nSPS) is 12.0. The molecule has 2 aromatic rings. The minimum Gasteiger partial charge on any atom is -0.478 e. The Morgan fingerprint density at radius 1 is 1.35 bits per heavy atom. The Balaban J connectivity index is 2.08. The SMILES string of the molecule is NC(N)=NCCCC(N)C(=O)c1nc2ccc(C(=O)O)cc2s1. The van der Waals surface area contributed by atoms with Crippen molar-refractivity contribution in [2.24, 2.45) is 22.2 Å². The van der Waals surface area contributed by atoms with Crippen LogP contribution in [0.4, 0.5) is 0 Å². The van der Waals surface area contributed by atoms with Gasteiger partial charge in [0.05, 0.1) is 21.8 Å². The minimum atomic E-state index is -1.02. The van der Waals surface area contributed by atoms with E-state index in [0.29, 0.717) is 29.6 Å². The van der Waals surface area contributed by atoms with Crippen LogP contribution >= 0.6 is 11.3 Å². The molecule has 2 rings (SSSR count). The lowest BCUT2D eigenvalue weighted by atomic mass is 10.1. The maximum atomic E-state index is 12.3. The number of aromatic nitrogens is 1. The first-order chi connectivity index (χ1) is 10.9. The molecule has 0 aliphatic carbocycles. The number of benzene rings is 1. The van der Waals surface area contributed by atoms with E-state index in [9.17, 15) is 9.59 Å². The molecule has 0 saturated heterocycles. The summed E-state index contributed by atoms with van der Waals surface area (Å²) in [5.41, 5.74) is 17.0. The van der Waals surface area contributed by atoms with Gasteiger partial charge in [-0.25, -0.2) is 9.78 Å². The Labute approximate surface area is 136 Å². The fourth-order valence-electron chi connectivity index (χ4n) is 1.97. The molecule has 1 aromatic carbocycles. The zero-order chi connectivity index (χ0) is 17.0. The topological polar surface area (TPSA) is 158 Å². The van der Waals surface area contributed by atoms with Crippen molar-refractivity contribution < 1.29 is 14.7 Å². The first-order valence-electron chi connectivity index (χ1n) is 6.87. The molecule has 7 N–H and O–H groups in total. The summed E-state index contributed by atoms with van der Waals surface area (Å²) in [5, 5.41) is 9.25. The number of carboxylic acids is 1. The first-order valence-corrected chi connectivity index (χ1v) is 7.69. The van der Waals surface area contributed by atoms with Crippen LogP contribution in [0.5, 0.6) is 0 Å². The van der Waals surface area contributed by atoms with Crippen LogP contribution in [0.1, 0.15) is 33.0 Å². The van der Waals surface area contributed by atoms with E-state index in [1.54, 1.807) is 6.07 Å². The van der Waals surface area contributed by atoms with Gasteiger partial charge in [0, 0.05) is 6.54 Å². The van der Waals surface area contributed by atoms with Gasteiger partial charge in [-0.05, 0) is 31.0 Å². The number of nitrogens with two attached hydrogens (primary N) is 3. The highest BCUT2D eigenvalue weighted by Gasteiger charge is 2.20. The molecule has 9 heteroatoms. The molecule has 122 valence electrons. The van der Waals surface area contributed by atoms with E-state index < -0.39 is 12.0 Å². The molecule has 0 fully saturated rings. The highest BCUT2D eigenvalue weighted by atomic mass is 32.1. The number of Topliss-reactive ketones (excluding diaryl/α,β-unsaturated/α-hetero) is 1. The smallest absolute Gasteiger partial charge is 0.335 e. The van der Waals surface area contributed by atoms with E-state index in [1.807, 2.05) is 0 Å². The van der Waals surface area contributed by atoms with Gasteiger partial charge < -0.3 is 22.3 Å². The summed E-state index contributed by atoms with van der Waals surface area (Å²) < 4.78 is 0.640. The van der Waals surface area contributed by atoms with Gasteiger partial charge in [0.15, 0.2) is 11.0 Å². The summed E-state index contributed by atoms with van der Waals surface area (Å²) in [4.78, 5) is 31.3. The number of aliphatic imine (C=N–C) groups is 1. The molecule has 0 aliphatic heterocycles. The van der Waals surface area contributed by atoms with Crippen molar-refractivity contribution in [3.8, 4) is 0 Å². The molecular formula is C14H17N5O3S. The Morgan fingerprint density at radius 3 is 2.74 bits per heavy atom. The molecule has 1 heterocycles. The van der Waals surface area contributed by atoms with Crippen molar-refractivity contribution in [1.82, 2.24) is 4.98 Å². The van der Waals surface area contributed by atoms with Gasteiger partial charge in [-0.3, -0.25) is 9.79 Å². The third-order valence-electron chi connectivity index (χ3n) is 3.15. The van der Waals surface area contributed by atoms with Crippen molar-refractivity contribution in [3.63, 3.8) is 0 Å². The van der Waals surface area contributed by atoms with Crippen molar-refractivity contribution in [3.05, 3.63) is 28.8 Å². The fourth-order valence-corrected chi connectivity index (χ4v) is 2.98. The van der Waals surface area contributed by atoms with Gasteiger partial charge in [-0.15, -0.1) is 11.3 Å². The van der Waals surface area contributed by atoms with Gasteiger partial charge in [0.25, 0.3) is 0 Å². The second-order valence-electron chi connectivity index (χ2n) is 4.93. The number of aromatic carboxylic acids is 1. The highest BCUT2D eigenvalue weighted by molar-refractivity contribution is 7.20. The molecular weight excluding hydrogens is 318 g/mol. The van der Waals surface area contributed by atoms with Crippen molar-refractivity contribution in [2.45, 2.75) is 18.9 Å². The Kier molecular flexibility index (Phi) is 5.24. The number of nitrogens with zero attached hydrogens (tertiary/aromatic N) is 2. The molecule has 0 saturated carbocycles. The number of carbonyl (C=O) groups is 2. The number of ketones is 1. The summed E-state index contributed by atoms with van der Waals surface area (Å²) in [5.74, 6) is -1.29. The van der Waals surface area contributed by atoms with Crippen molar-refractivity contribution in [1.29, 1.82) is 0 Å². The van der Waals surface area contributed by atoms with Crippen molar-refractivity contribution in [2.75, 3.05) is 6.54 Å². The largest absolute Gasteiger partial charge is 0.478 e. The second-order valence-corrected chi connectivity index (χ2v) is 5.96. The standard InChI is InChI=1S/C14H17N5O3S/c15-8(2-1-5-18-14(16)17)11(20)12-19-9-4-3-7(13(21)22)6-10(9)23-12/h3-4,6,8H,1-2,5,15H2,(H,21,22)(H4,16,17,18). The number of rotatable bonds is 7. The number of guanidine groups is 1. The third-order valence-corrected chi connectivity index (χ3v) is 4.18. The van der Waals surface area contributed by atoms with E-state index in [1.165, 1.54) is 12.1 Å². The summed E-state index contributed by atoms with van der Waals surface area (Å²) in [6.45, 7) is 0.408. The van der Waals surface area contributed by atoms with Crippen LogP contribution in [-0.4, -0.2) is 40.4 Å². The van der Waals surface area contributed by atoms with E-state index in [-0.39, 0.29) is 22.3 Å². The molecule has 23 heavy (non-hydrogen) atoms. The monoisotopic (exact) mass is 335 g/mol. The van der Waals surface area contributed by atoms with E-state index in [2.05, 4.69) is 9.98 Å². The summed E-state index contributed by atoms with van der Waals surface area (Å²) in [6, 6.07) is 3.84. The number of carboxylic acid groups (broad SMARTS) is 1. The zero-order valence-corrected chi connectivity index (χ0v) is 13.0. The van der Waals surface area contributed by atoms with E-state index in [0.717, 1.165) is 11.3 Å². The number of thiazole rings is 1. The predicted octanol–water partition coefficient (Wildman–Crippen LogP) is 0.558. The summed E-state index contributed by atoms with van der Waals surface area (Å²) in [7, 11) is 0. The van der Waals surface area contributed by atoms with Crippen LogP contribution in [0.25, 0.3) is 10.2 Å². The van der Waals surface area contributed by atoms with Gasteiger partial charge >= 0.3 is 5.97 Å². The van der Waals surface area contributed by atoms with Crippen LogP contribution in [0.2, 0.25) is 0 Å². The molecule has 0 aliphatic rings. The number of fused-ring (bicyclic) bond motifs is 1. The predicted molar refractivity (Wildman–Crippen MR) is 88.8 cm³/mol. The fraction of sp³-hybridized carbons (Fsp3) is 0.286. The zero-order valence-electron chi connectivity index (χ0n) is 12.2. The van der Waals surface area contributed by atoms with Gasteiger partial charge in [-0.2, -0.15) is 0 Å². The Bertz CT molecular complexity index is 767. The third kappa shape index (κ3) is 4.24. The van der Waals surface area contributed by atoms with Crippen LogP contribution < -0.4 is 17.2 Å². The van der Waals surface area contributed by atoms with E-state index in [4.69, 9.17) is 22.3 Å². The van der Waals surface area contributed by atoms with Gasteiger partial charge in [-0.1, -0.05) is 0 Å². The summed E-state index contributed by atoms with van der Waals surface area (Å²) >= 11 is 1.14. The molecule has 1 aromatic heterocycles. The lowest BCUT2D eigenvalue weighted by molar-refractivity contribution is 0.0697. The average Bonchev–Trinajstić information content (AvgIpc) is 2.93. The number of hydrogen-bond donors (Lipinski definition) is 4. The molecule has 0 radical (unpaired) electrons. The van der Waals surface area contributed by atoms with Crippen LogP contribution in [-0.2, 0) is 0 Å². The number of hydrogen-bond acceptors (Lipinski definition) is 6. The first kappa shape index (κ1) is 16.8. The molecule has 0 bridgehead atoms.